The molecule has 1 unspecified atom stereocenters. The fraction of sp³-hybridized carbons (Fsp3) is 0.556. The second-order valence-corrected chi connectivity index (χ2v) is 5.43. The van der Waals surface area contributed by atoms with Gasteiger partial charge >= 0.3 is 0 Å². The van der Waals surface area contributed by atoms with Crippen molar-refractivity contribution in [2.75, 3.05) is 0 Å². The Morgan fingerprint density at radius 1 is 1.15 bits per heavy atom. The number of hydrogen-bond donors (Lipinski definition) is 0. The Kier molecular flexibility index (Phi) is 8.38. The van der Waals surface area contributed by atoms with Crippen LogP contribution in [0.1, 0.15) is 57.4 Å². The predicted octanol–water partition coefficient (Wildman–Crippen LogP) is 4.69. The lowest BCUT2D eigenvalue weighted by molar-refractivity contribution is -0.119. The minimum absolute atomic E-state index is 0.104. The maximum absolute atomic E-state index is 12.0. The SMILES string of the molecule is CCCCCCCC(C#N)CC(=O)Cc1ccccc1. The smallest absolute Gasteiger partial charge is 0.138 e. The van der Waals surface area contributed by atoms with E-state index in [0.717, 1.165) is 18.4 Å². The van der Waals surface area contributed by atoms with Crippen LogP contribution in [0.15, 0.2) is 30.3 Å². The molecule has 0 bridgehead atoms. The van der Waals surface area contributed by atoms with Crippen LogP contribution >= 0.6 is 0 Å². The molecule has 0 fully saturated rings. The summed E-state index contributed by atoms with van der Waals surface area (Å²) in [4.78, 5) is 12.0. The molecule has 0 aliphatic rings. The molecule has 0 saturated carbocycles. The van der Waals surface area contributed by atoms with E-state index in [9.17, 15) is 4.79 Å². The van der Waals surface area contributed by atoms with E-state index in [0.29, 0.717) is 12.8 Å². The van der Waals surface area contributed by atoms with E-state index in [2.05, 4.69) is 13.0 Å². The van der Waals surface area contributed by atoms with Gasteiger partial charge in [-0.3, -0.25) is 4.79 Å². The van der Waals surface area contributed by atoms with Gasteiger partial charge in [-0.2, -0.15) is 5.26 Å². The van der Waals surface area contributed by atoms with Crippen LogP contribution < -0.4 is 0 Å². The largest absolute Gasteiger partial charge is 0.299 e. The third kappa shape index (κ3) is 7.09. The zero-order chi connectivity index (χ0) is 14.6. The van der Waals surface area contributed by atoms with E-state index in [-0.39, 0.29) is 11.7 Å². The van der Waals surface area contributed by atoms with Gasteiger partial charge in [0.1, 0.15) is 5.78 Å². The summed E-state index contributed by atoms with van der Waals surface area (Å²) in [5, 5.41) is 9.14. The summed E-state index contributed by atoms with van der Waals surface area (Å²) < 4.78 is 0. The maximum atomic E-state index is 12.0. The average molecular weight is 271 g/mol. The number of nitrogens with zero attached hydrogens (tertiary/aromatic N) is 1. The van der Waals surface area contributed by atoms with E-state index in [4.69, 9.17) is 5.26 Å². The van der Waals surface area contributed by atoms with Crippen molar-refractivity contribution in [2.24, 2.45) is 5.92 Å². The third-order valence-corrected chi connectivity index (χ3v) is 3.56. The fourth-order valence-corrected chi connectivity index (χ4v) is 2.38. The van der Waals surface area contributed by atoms with E-state index in [1.165, 1.54) is 25.7 Å². The van der Waals surface area contributed by atoms with Crippen LogP contribution in [0.4, 0.5) is 0 Å². The molecule has 1 aromatic rings. The number of hydrogen-bond acceptors (Lipinski definition) is 2. The van der Waals surface area contributed by atoms with Crippen LogP contribution in [0.2, 0.25) is 0 Å². The summed E-state index contributed by atoms with van der Waals surface area (Å²) in [7, 11) is 0. The highest BCUT2D eigenvalue weighted by Gasteiger charge is 2.13. The number of carbonyl (C=O) groups is 1. The Morgan fingerprint density at radius 3 is 2.50 bits per heavy atom. The van der Waals surface area contributed by atoms with Gasteiger partial charge in [0.2, 0.25) is 0 Å². The molecule has 0 heterocycles. The van der Waals surface area contributed by atoms with E-state index < -0.39 is 0 Å². The highest BCUT2D eigenvalue weighted by atomic mass is 16.1. The highest BCUT2D eigenvalue weighted by molar-refractivity contribution is 5.81. The fourth-order valence-electron chi connectivity index (χ4n) is 2.38. The molecule has 1 rings (SSSR count). The number of rotatable bonds is 10. The standard InChI is InChI=1S/C18H25NO/c1-2-3-4-5-7-12-17(15-19)14-18(20)13-16-10-8-6-9-11-16/h6,8-11,17H,2-5,7,12-14H2,1H3. The normalized spacial score (nSPS) is 11.8. The van der Waals surface area contributed by atoms with Crippen LogP contribution in [0.3, 0.4) is 0 Å². The van der Waals surface area contributed by atoms with Gasteiger partial charge in [-0.1, -0.05) is 69.4 Å². The number of nitriles is 1. The first-order valence-electron chi connectivity index (χ1n) is 7.71. The second-order valence-electron chi connectivity index (χ2n) is 5.43. The van der Waals surface area contributed by atoms with Crippen molar-refractivity contribution >= 4 is 5.78 Å². The quantitative estimate of drug-likeness (QED) is 0.579. The molecule has 0 amide bonds. The maximum Gasteiger partial charge on any atom is 0.138 e. The molecule has 0 radical (unpaired) electrons. The Morgan fingerprint density at radius 2 is 1.85 bits per heavy atom. The summed E-state index contributed by atoms with van der Waals surface area (Å²) in [6.07, 6.45) is 7.71. The minimum Gasteiger partial charge on any atom is -0.299 e. The van der Waals surface area contributed by atoms with E-state index in [1.807, 2.05) is 30.3 Å². The number of benzene rings is 1. The Hall–Kier alpha value is -1.62. The van der Waals surface area contributed by atoms with Gasteiger partial charge in [0.15, 0.2) is 0 Å². The lowest BCUT2D eigenvalue weighted by Gasteiger charge is -2.08. The number of carbonyl (C=O) groups excluding carboxylic acids is 1. The molecule has 0 N–H and O–H groups in total. The van der Waals surface area contributed by atoms with Crippen LogP contribution in [-0.4, -0.2) is 5.78 Å². The molecule has 0 spiro atoms. The molecule has 108 valence electrons. The summed E-state index contributed by atoms with van der Waals surface area (Å²) in [5.41, 5.74) is 1.04. The number of Topliss-reactive ketones (excluding diaryl/α,β-unsaturated/α-hetero) is 1. The van der Waals surface area contributed by atoms with Gasteiger partial charge in [-0.25, -0.2) is 0 Å². The molecule has 1 atom stereocenters. The first-order valence-corrected chi connectivity index (χ1v) is 7.71. The molecular weight excluding hydrogens is 246 g/mol. The van der Waals surface area contributed by atoms with Crippen LogP contribution in [0.25, 0.3) is 0 Å². The zero-order valence-electron chi connectivity index (χ0n) is 12.5. The molecule has 0 saturated heterocycles. The van der Waals surface area contributed by atoms with E-state index >= 15 is 0 Å². The topological polar surface area (TPSA) is 40.9 Å². The second kappa shape index (κ2) is 10.2. The molecule has 20 heavy (non-hydrogen) atoms. The Labute approximate surface area is 122 Å². The summed E-state index contributed by atoms with van der Waals surface area (Å²) in [6.45, 7) is 2.19. The van der Waals surface area contributed by atoms with Crippen molar-refractivity contribution in [1.82, 2.24) is 0 Å². The molecular formula is C18H25NO. The Balaban J connectivity index is 2.26. The highest BCUT2D eigenvalue weighted by Crippen LogP contribution is 2.16. The molecule has 0 aliphatic carbocycles. The van der Waals surface area contributed by atoms with Gasteiger partial charge in [-0.05, 0) is 12.0 Å². The minimum atomic E-state index is -0.104. The first-order chi connectivity index (χ1) is 9.76. The molecule has 2 nitrogen and oxygen atoms in total. The van der Waals surface area contributed by atoms with Crippen molar-refractivity contribution in [2.45, 2.75) is 58.3 Å². The van der Waals surface area contributed by atoms with Crippen molar-refractivity contribution < 1.29 is 4.79 Å². The van der Waals surface area contributed by atoms with Gasteiger partial charge < -0.3 is 0 Å². The van der Waals surface area contributed by atoms with E-state index in [1.54, 1.807) is 0 Å². The van der Waals surface area contributed by atoms with Crippen LogP contribution in [0.5, 0.6) is 0 Å². The van der Waals surface area contributed by atoms with Crippen molar-refractivity contribution in [3.05, 3.63) is 35.9 Å². The summed E-state index contributed by atoms with van der Waals surface area (Å²) >= 11 is 0. The number of ketones is 1. The monoisotopic (exact) mass is 271 g/mol. The van der Waals surface area contributed by atoms with Crippen molar-refractivity contribution in [1.29, 1.82) is 5.26 Å². The molecule has 0 aromatic heterocycles. The van der Waals surface area contributed by atoms with Crippen LogP contribution in [-0.2, 0) is 11.2 Å². The lowest BCUT2D eigenvalue weighted by Crippen LogP contribution is -2.09. The van der Waals surface area contributed by atoms with Crippen molar-refractivity contribution in [3.8, 4) is 6.07 Å². The first kappa shape index (κ1) is 16.4. The summed E-state index contributed by atoms with van der Waals surface area (Å²) in [6, 6.07) is 12.0. The summed E-state index contributed by atoms with van der Waals surface area (Å²) in [5.74, 6) is 0.0733. The lowest BCUT2D eigenvalue weighted by atomic mass is 9.94. The predicted molar refractivity (Wildman–Crippen MR) is 82.2 cm³/mol. The van der Waals surface area contributed by atoms with Gasteiger partial charge in [0.05, 0.1) is 12.0 Å². The molecule has 2 heteroatoms. The van der Waals surface area contributed by atoms with Crippen molar-refractivity contribution in [3.63, 3.8) is 0 Å². The molecule has 0 aliphatic heterocycles. The van der Waals surface area contributed by atoms with Gasteiger partial charge in [0.25, 0.3) is 0 Å². The van der Waals surface area contributed by atoms with Gasteiger partial charge in [0, 0.05) is 12.8 Å². The van der Waals surface area contributed by atoms with Crippen LogP contribution in [0, 0.1) is 17.2 Å². The number of unbranched alkanes of at least 4 members (excludes halogenated alkanes) is 4. The Bertz CT molecular complexity index is 419. The zero-order valence-corrected chi connectivity index (χ0v) is 12.5. The third-order valence-electron chi connectivity index (χ3n) is 3.56. The molecule has 1 aromatic carbocycles. The average Bonchev–Trinajstić information content (AvgIpc) is 2.46. The van der Waals surface area contributed by atoms with Gasteiger partial charge in [-0.15, -0.1) is 0 Å².